The van der Waals surface area contributed by atoms with E-state index >= 15 is 0 Å². The number of aromatic amines is 1. The molecule has 1 aromatic carbocycles. The molecule has 1 aromatic heterocycles. The van der Waals surface area contributed by atoms with Crippen LogP contribution in [0.1, 0.15) is 46.9 Å². The first-order valence-corrected chi connectivity index (χ1v) is 10.1. The van der Waals surface area contributed by atoms with Gasteiger partial charge < -0.3 is 25.0 Å². The van der Waals surface area contributed by atoms with Crippen LogP contribution in [0, 0.1) is 0 Å². The van der Waals surface area contributed by atoms with Gasteiger partial charge in [-0.1, -0.05) is 24.6 Å². The van der Waals surface area contributed by atoms with Gasteiger partial charge in [0.1, 0.15) is 0 Å². The van der Waals surface area contributed by atoms with Crippen molar-refractivity contribution < 1.29 is 19.4 Å². The molecule has 0 unspecified atom stereocenters. The molecule has 1 aliphatic rings. The molecule has 29 heavy (non-hydrogen) atoms. The van der Waals surface area contributed by atoms with Crippen LogP contribution in [-0.2, 0) is 11.2 Å². The Morgan fingerprint density at radius 3 is 2.86 bits per heavy atom. The zero-order valence-electron chi connectivity index (χ0n) is 16.4. The predicted molar refractivity (Wildman–Crippen MR) is 110 cm³/mol. The first kappa shape index (κ1) is 21.1. The molecule has 0 aliphatic carbocycles. The summed E-state index contributed by atoms with van der Waals surface area (Å²) in [6, 6.07) is 6.65. The number of carboxylic acid groups (broad SMARTS) is 1. The quantitative estimate of drug-likeness (QED) is 0.635. The third-order valence-electron chi connectivity index (χ3n) is 5.01. The smallest absolute Gasteiger partial charge is 0.335 e. The molecule has 0 spiro atoms. The molecule has 0 bridgehead atoms. The number of carboxylic acids is 1. The van der Waals surface area contributed by atoms with Gasteiger partial charge in [-0.15, -0.1) is 0 Å². The Morgan fingerprint density at radius 1 is 1.41 bits per heavy atom. The lowest BCUT2D eigenvalue weighted by Gasteiger charge is -2.39. The van der Waals surface area contributed by atoms with Crippen molar-refractivity contribution in [3.8, 4) is 0 Å². The number of aryl methyl sites for hydroxylation is 1. The Balaban J connectivity index is 1.71. The average molecular weight is 421 g/mol. The topological polar surface area (TPSA) is 108 Å². The largest absolute Gasteiger partial charge is 0.478 e. The van der Waals surface area contributed by atoms with Crippen LogP contribution in [-0.4, -0.2) is 58.8 Å². The number of hydrogen-bond acceptors (Lipinski definition) is 5. The van der Waals surface area contributed by atoms with Gasteiger partial charge in [-0.2, -0.15) is 0 Å². The summed E-state index contributed by atoms with van der Waals surface area (Å²) in [5.41, 5.74) is 1.79. The molecular formula is C20H25ClN4O4. The summed E-state index contributed by atoms with van der Waals surface area (Å²) in [7, 11) is 0. The van der Waals surface area contributed by atoms with Crippen LogP contribution in [0.25, 0.3) is 0 Å². The second-order valence-corrected chi connectivity index (χ2v) is 7.23. The van der Waals surface area contributed by atoms with Crippen molar-refractivity contribution in [3.63, 3.8) is 0 Å². The monoisotopic (exact) mass is 420 g/mol. The van der Waals surface area contributed by atoms with E-state index in [1.807, 2.05) is 19.9 Å². The number of aromatic nitrogens is 2. The first-order chi connectivity index (χ1) is 13.9. The fourth-order valence-corrected chi connectivity index (χ4v) is 3.77. The predicted octanol–water partition coefficient (Wildman–Crippen LogP) is 2.74. The highest BCUT2D eigenvalue weighted by Gasteiger charge is 2.32. The van der Waals surface area contributed by atoms with E-state index < -0.39 is 5.97 Å². The van der Waals surface area contributed by atoms with E-state index in [1.165, 1.54) is 0 Å². The minimum Gasteiger partial charge on any atom is -0.478 e. The molecule has 3 rings (SSSR count). The maximum atomic E-state index is 12.6. The Labute approximate surface area is 174 Å². The number of piperidine rings is 1. The van der Waals surface area contributed by atoms with Gasteiger partial charge in [0, 0.05) is 25.4 Å². The minimum absolute atomic E-state index is 0.185. The third kappa shape index (κ3) is 4.89. The molecular weight excluding hydrogens is 396 g/mol. The molecule has 1 fully saturated rings. The number of rotatable bonds is 7. The molecule has 3 N–H and O–H groups in total. The molecule has 1 aliphatic heterocycles. The number of H-pyrrole nitrogens is 1. The molecule has 0 radical (unpaired) electrons. The van der Waals surface area contributed by atoms with E-state index in [1.54, 1.807) is 18.2 Å². The summed E-state index contributed by atoms with van der Waals surface area (Å²) in [6.45, 7) is 5.55. The highest BCUT2D eigenvalue weighted by Crippen LogP contribution is 2.23. The van der Waals surface area contributed by atoms with E-state index in [2.05, 4.69) is 20.2 Å². The number of carbonyl (C=O) groups is 2. The normalized spacial score (nSPS) is 19.2. The Hall–Kier alpha value is -2.58. The van der Waals surface area contributed by atoms with Crippen LogP contribution in [0.4, 0.5) is 5.69 Å². The van der Waals surface area contributed by atoms with E-state index in [0.717, 1.165) is 11.4 Å². The van der Waals surface area contributed by atoms with Crippen molar-refractivity contribution in [1.29, 1.82) is 0 Å². The Bertz CT molecular complexity index is 885. The molecule has 2 atom stereocenters. The number of aromatic carboxylic acids is 1. The Kier molecular flexibility index (Phi) is 6.76. The second-order valence-electron chi connectivity index (χ2n) is 6.87. The number of ether oxygens (including phenoxy) is 1. The van der Waals surface area contributed by atoms with Gasteiger partial charge in [-0.05, 0) is 38.0 Å². The highest BCUT2D eigenvalue weighted by atomic mass is 35.5. The zero-order valence-corrected chi connectivity index (χ0v) is 17.2. The van der Waals surface area contributed by atoms with Crippen LogP contribution in [0.5, 0.6) is 0 Å². The van der Waals surface area contributed by atoms with Gasteiger partial charge in [0.25, 0.3) is 5.91 Å². The molecule has 8 nitrogen and oxygen atoms in total. The highest BCUT2D eigenvalue weighted by molar-refractivity contribution is 6.30. The molecule has 0 saturated carbocycles. The number of nitrogens with zero attached hydrogens (tertiary/aromatic N) is 2. The molecule has 2 heterocycles. The maximum Gasteiger partial charge on any atom is 0.335 e. The van der Waals surface area contributed by atoms with Gasteiger partial charge in [-0.25, -0.2) is 9.78 Å². The number of benzene rings is 1. The average Bonchev–Trinajstić information content (AvgIpc) is 3.10. The number of anilines is 1. The molecule has 156 valence electrons. The van der Waals surface area contributed by atoms with Crippen molar-refractivity contribution in [1.82, 2.24) is 15.3 Å². The standard InChI is InChI=1S/C20H25ClN4O4/c1-3-14-17(21)24-18(22-14)19(26)23-15-8-9-25(11-16(15)29-4-2)13-7-5-6-12(10-13)20(27)28/h5-7,10,15-16H,3-4,8-9,11H2,1-2H3,(H,22,24)(H,23,26)(H,27,28)/t15-,16+/m0/s1. The van der Waals surface area contributed by atoms with Gasteiger partial charge in [0.15, 0.2) is 11.0 Å². The number of imidazole rings is 1. The van der Waals surface area contributed by atoms with Crippen LogP contribution < -0.4 is 10.2 Å². The summed E-state index contributed by atoms with van der Waals surface area (Å²) in [5, 5.41) is 12.5. The lowest BCUT2D eigenvalue weighted by atomic mass is 10.0. The number of halogens is 1. The van der Waals surface area contributed by atoms with Gasteiger partial charge >= 0.3 is 5.97 Å². The van der Waals surface area contributed by atoms with Crippen molar-refractivity contribution in [2.45, 2.75) is 38.8 Å². The van der Waals surface area contributed by atoms with E-state index in [-0.39, 0.29) is 29.4 Å². The molecule has 1 saturated heterocycles. The van der Waals surface area contributed by atoms with Crippen LogP contribution in [0.15, 0.2) is 24.3 Å². The Morgan fingerprint density at radius 2 is 2.21 bits per heavy atom. The van der Waals surface area contributed by atoms with Gasteiger partial charge in [0.2, 0.25) is 0 Å². The van der Waals surface area contributed by atoms with Crippen molar-refractivity contribution in [2.75, 3.05) is 24.6 Å². The summed E-state index contributed by atoms with van der Waals surface area (Å²) < 4.78 is 5.88. The summed E-state index contributed by atoms with van der Waals surface area (Å²) in [6.07, 6.45) is 1.08. The fraction of sp³-hybridized carbons (Fsp3) is 0.450. The van der Waals surface area contributed by atoms with Crippen molar-refractivity contribution >= 4 is 29.2 Å². The summed E-state index contributed by atoms with van der Waals surface area (Å²) in [5.74, 6) is -1.08. The van der Waals surface area contributed by atoms with Crippen LogP contribution in [0.2, 0.25) is 5.15 Å². The summed E-state index contributed by atoms with van der Waals surface area (Å²) in [4.78, 5) is 33.0. The van der Waals surface area contributed by atoms with E-state index in [4.69, 9.17) is 16.3 Å². The number of carbonyl (C=O) groups excluding carboxylic acids is 1. The third-order valence-corrected chi connectivity index (χ3v) is 5.32. The first-order valence-electron chi connectivity index (χ1n) is 9.68. The SMILES string of the molecule is CCO[C@@H]1CN(c2cccc(C(=O)O)c2)CC[C@@H]1NC(=O)c1nc(Cl)c(CC)[nH]1. The number of amides is 1. The second kappa shape index (κ2) is 9.28. The van der Waals surface area contributed by atoms with Gasteiger partial charge in [0.05, 0.1) is 23.4 Å². The molecule has 1 amide bonds. The zero-order chi connectivity index (χ0) is 21.0. The van der Waals surface area contributed by atoms with E-state index in [0.29, 0.717) is 37.7 Å². The number of hydrogen-bond donors (Lipinski definition) is 3. The molecule has 2 aromatic rings. The summed E-state index contributed by atoms with van der Waals surface area (Å²) >= 11 is 6.04. The van der Waals surface area contributed by atoms with E-state index in [9.17, 15) is 14.7 Å². The lowest BCUT2D eigenvalue weighted by Crippen LogP contribution is -2.55. The molecule has 9 heteroatoms. The van der Waals surface area contributed by atoms with Crippen LogP contribution in [0.3, 0.4) is 0 Å². The fourth-order valence-electron chi connectivity index (χ4n) is 3.50. The van der Waals surface area contributed by atoms with Gasteiger partial charge in [-0.3, -0.25) is 4.79 Å². The van der Waals surface area contributed by atoms with Crippen molar-refractivity contribution in [3.05, 3.63) is 46.5 Å². The minimum atomic E-state index is -0.959. The van der Waals surface area contributed by atoms with Crippen molar-refractivity contribution in [2.24, 2.45) is 0 Å². The number of nitrogens with one attached hydrogen (secondary N) is 2. The lowest BCUT2D eigenvalue weighted by molar-refractivity contribution is 0.0271. The maximum absolute atomic E-state index is 12.6. The van der Waals surface area contributed by atoms with Crippen LogP contribution >= 0.6 is 11.6 Å².